The van der Waals surface area contributed by atoms with Gasteiger partial charge in [-0.1, -0.05) is 53.0 Å². The quantitative estimate of drug-likeness (QED) is 0.773. The molecule has 0 aliphatic carbocycles. The Morgan fingerprint density at radius 3 is 2.54 bits per heavy atom. The lowest BCUT2D eigenvalue weighted by Gasteiger charge is -2.26. The number of aliphatic hydroxyl groups is 1. The normalized spacial score (nSPS) is 15.1. The number of hydrogen-bond acceptors (Lipinski definition) is 4. The number of nitrogens with one attached hydrogen (secondary N) is 1. The summed E-state index contributed by atoms with van der Waals surface area (Å²) in [5, 5.41) is 13.0. The smallest absolute Gasteiger partial charge is 0.262 e. The van der Waals surface area contributed by atoms with Gasteiger partial charge in [0.1, 0.15) is 23.4 Å². The van der Waals surface area contributed by atoms with Crippen LogP contribution >= 0.6 is 34.8 Å². The van der Waals surface area contributed by atoms with E-state index in [1.54, 1.807) is 18.2 Å². The maximum absolute atomic E-state index is 11.6. The number of amides is 1. The van der Waals surface area contributed by atoms with E-state index in [0.717, 1.165) is 0 Å². The summed E-state index contributed by atoms with van der Waals surface area (Å²) >= 11 is 17.4. The van der Waals surface area contributed by atoms with Crippen molar-refractivity contribution in [2.24, 2.45) is 0 Å². The van der Waals surface area contributed by atoms with Crippen molar-refractivity contribution in [1.82, 2.24) is 0 Å². The van der Waals surface area contributed by atoms with Gasteiger partial charge in [-0.25, -0.2) is 0 Å². The zero-order valence-electron chi connectivity index (χ0n) is 12.1. The zero-order valence-corrected chi connectivity index (χ0v) is 14.4. The number of carbonyl (C=O) groups is 1. The van der Waals surface area contributed by atoms with Gasteiger partial charge in [-0.2, -0.15) is 0 Å². The molecule has 0 radical (unpaired) electrons. The number of rotatable bonds is 3. The molecule has 1 aliphatic rings. The Labute approximate surface area is 153 Å². The Balaban J connectivity index is 2.04. The third kappa shape index (κ3) is 3.70. The first-order valence-electron chi connectivity index (χ1n) is 6.93. The molecule has 3 rings (SSSR count). The first-order valence-corrected chi connectivity index (χ1v) is 8.06. The number of halogens is 3. The maximum Gasteiger partial charge on any atom is 0.262 e. The summed E-state index contributed by atoms with van der Waals surface area (Å²) in [6.45, 7) is -0.189. The van der Waals surface area contributed by atoms with E-state index in [0.29, 0.717) is 17.2 Å². The van der Waals surface area contributed by atoms with E-state index in [4.69, 9.17) is 44.3 Å². The highest BCUT2D eigenvalue weighted by molar-refractivity contribution is 6.68. The van der Waals surface area contributed by atoms with Crippen LogP contribution in [0.3, 0.4) is 0 Å². The van der Waals surface area contributed by atoms with Crippen LogP contribution in [-0.4, -0.2) is 21.4 Å². The van der Waals surface area contributed by atoms with Crippen LogP contribution in [0.1, 0.15) is 11.7 Å². The van der Waals surface area contributed by atoms with Crippen molar-refractivity contribution in [2.45, 2.75) is 9.90 Å². The van der Waals surface area contributed by atoms with Crippen molar-refractivity contribution in [3.05, 3.63) is 48.0 Å². The summed E-state index contributed by atoms with van der Waals surface area (Å²) in [6, 6.07) is 12.1. The van der Waals surface area contributed by atoms with Crippen molar-refractivity contribution in [1.29, 1.82) is 0 Å². The summed E-state index contributed by atoms with van der Waals surface area (Å²) in [7, 11) is 0. The molecule has 2 N–H and O–H groups in total. The Hall–Kier alpha value is -1.66. The van der Waals surface area contributed by atoms with Crippen LogP contribution in [0.5, 0.6) is 17.2 Å². The highest BCUT2D eigenvalue weighted by Gasteiger charge is 2.36. The SMILES string of the molecule is O=C1COc2c(cc(Oc3ccccc3)cc2[C@@H](O)C(Cl)(Cl)Cl)N1. The van der Waals surface area contributed by atoms with Crippen LogP contribution in [0.4, 0.5) is 5.69 Å². The number of alkyl halides is 3. The standard InChI is InChI=1S/C16H12Cl3NO4/c17-16(18,19)15(22)11-6-10(24-9-4-2-1-3-5-9)7-12-14(11)23-8-13(21)20-12/h1-7,15,22H,8H2,(H,20,21)/t15-/m1/s1. The van der Waals surface area contributed by atoms with Crippen molar-refractivity contribution in [2.75, 3.05) is 11.9 Å². The van der Waals surface area contributed by atoms with Gasteiger partial charge in [0.05, 0.1) is 5.69 Å². The third-order valence-electron chi connectivity index (χ3n) is 3.30. The first-order chi connectivity index (χ1) is 11.3. The lowest BCUT2D eigenvalue weighted by Crippen LogP contribution is -2.27. The second-order valence-corrected chi connectivity index (χ2v) is 7.45. The van der Waals surface area contributed by atoms with Gasteiger partial charge in [0.2, 0.25) is 3.79 Å². The summed E-state index contributed by atoms with van der Waals surface area (Å²) < 4.78 is 9.15. The Morgan fingerprint density at radius 2 is 1.88 bits per heavy atom. The van der Waals surface area contributed by atoms with Gasteiger partial charge in [-0.15, -0.1) is 0 Å². The van der Waals surface area contributed by atoms with Crippen LogP contribution in [0.2, 0.25) is 0 Å². The Kier molecular flexibility index (Phi) is 4.78. The fourth-order valence-corrected chi connectivity index (χ4v) is 2.62. The van der Waals surface area contributed by atoms with E-state index in [2.05, 4.69) is 5.32 Å². The molecule has 1 aliphatic heterocycles. The molecular formula is C16H12Cl3NO4. The second kappa shape index (κ2) is 6.69. The molecule has 0 spiro atoms. The van der Waals surface area contributed by atoms with Crippen LogP contribution in [-0.2, 0) is 4.79 Å². The lowest BCUT2D eigenvalue weighted by atomic mass is 10.1. The molecule has 1 amide bonds. The van der Waals surface area contributed by atoms with Crippen LogP contribution in [0.25, 0.3) is 0 Å². The average molecular weight is 389 g/mol. The van der Waals surface area contributed by atoms with Crippen LogP contribution in [0, 0.1) is 0 Å². The summed E-state index contributed by atoms with van der Waals surface area (Å²) in [5.74, 6) is 0.853. The number of fused-ring (bicyclic) bond motifs is 1. The summed E-state index contributed by atoms with van der Waals surface area (Å²) in [5.41, 5.74) is 0.543. The molecule has 2 aromatic carbocycles. The molecule has 2 aromatic rings. The minimum Gasteiger partial charge on any atom is -0.481 e. The molecule has 126 valence electrons. The molecule has 0 unspecified atom stereocenters. The second-order valence-electron chi connectivity index (χ2n) is 5.09. The topological polar surface area (TPSA) is 67.8 Å². The van der Waals surface area contributed by atoms with E-state index in [-0.39, 0.29) is 23.8 Å². The number of hydrogen-bond donors (Lipinski definition) is 2. The minimum absolute atomic E-state index is 0.189. The number of carbonyl (C=O) groups excluding carboxylic acids is 1. The van der Waals surface area contributed by atoms with Gasteiger partial charge in [0.15, 0.2) is 6.61 Å². The van der Waals surface area contributed by atoms with Crippen molar-refractivity contribution in [3.63, 3.8) is 0 Å². The molecule has 8 heteroatoms. The first kappa shape index (κ1) is 17.2. The summed E-state index contributed by atoms with van der Waals surface area (Å²) in [4.78, 5) is 11.6. The van der Waals surface area contributed by atoms with Crippen LogP contribution < -0.4 is 14.8 Å². The third-order valence-corrected chi connectivity index (χ3v) is 3.92. The van der Waals surface area contributed by atoms with Gasteiger partial charge in [0.25, 0.3) is 5.91 Å². The van der Waals surface area contributed by atoms with Gasteiger partial charge in [-0.05, 0) is 18.2 Å². The van der Waals surface area contributed by atoms with Gasteiger partial charge >= 0.3 is 0 Å². The van der Waals surface area contributed by atoms with E-state index in [1.807, 2.05) is 18.2 Å². The predicted molar refractivity (Wildman–Crippen MR) is 92.3 cm³/mol. The summed E-state index contributed by atoms with van der Waals surface area (Å²) in [6.07, 6.45) is -1.47. The number of benzene rings is 2. The van der Waals surface area contributed by atoms with Crippen LogP contribution in [0.15, 0.2) is 42.5 Å². The number of para-hydroxylation sites is 1. The molecular weight excluding hydrogens is 377 g/mol. The monoisotopic (exact) mass is 387 g/mol. The largest absolute Gasteiger partial charge is 0.481 e. The highest BCUT2D eigenvalue weighted by atomic mass is 35.6. The van der Waals surface area contributed by atoms with Gasteiger partial charge in [0, 0.05) is 11.6 Å². The Bertz CT molecular complexity index is 762. The van der Waals surface area contributed by atoms with Crippen molar-refractivity contribution in [3.8, 4) is 17.2 Å². The number of anilines is 1. The molecule has 1 atom stereocenters. The molecule has 0 fully saturated rings. The van der Waals surface area contributed by atoms with Crippen molar-refractivity contribution >= 4 is 46.4 Å². The fraction of sp³-hybridized carbons (Fsp3) is 0.188. The van der Waals surface area contributed by atoms with Gasteiger partial charge in [-0.3, -0.25) is 4.79 Å². The molecule has 0 aromatic heterocycles. The molecule has 0 saturated carbocycles. The molecule has 0 bridgehead atoms. The number of aliphatic hydroxyl groups excluding tert-OH is 1. The van der Waals surface area contributed by atoms with E-state index in [1.165, 1.54) is 6.07 Å². The fourth-order valence-electron chi connectivity index (χ4n) is 2.26. The van der Waals surface area contributed by atoms with E-state index < -0.39 is 9.90 Å². The molecule has 24 heavy (non-hydrogen) atoms. The average Bonchev–Trinajstić information content (AvgIpc) is 2.53. The van der Waals surface area contributed by atoms with E-state index in [9.17, 15) is 9.90 Å². The molecule has 0 saturated heterocycles. The Morgan fingerprint density at radius 1 is 1.17 bits per heavy atom. The molecule has 1 heterocycles. The minimum atomic E-state index is -1.97. The lowest BCUT2D eigenvalue weighted by molar-refractivity contribution is -0.118. The number of ether oxygens (including phenoxy) is 2. The van der Waals surface area contributed by atoms with Gasteiger partial charge < -0.3 is 19.9 Å². The highest BCUT2D eigenvalue weighted by Crippen LogP contribution is 2.47. The maximum atomic E-state index is 11.6. The van der Waals surface area contributed by atoms with Crippen molar-refractivity contribution < 1.29 is 19.4 Å². The predicted octanol–water partition coefficient (Wildman–Crippen LogP) is 4.21. The molecule has 5 nitrogen and oxygen atoms in total. The van der Waals surface area contributed by atoms with E-state index >= 15 is 0 Å². The zero-order chi connectivity index (χ0) is 17.3.